The maximum absolute atomic E-state index is 14.3. The fraction of sp³-hybridized carbons (Fsp3) is 0.0714. The number of halogens is 2. The first-order chi connectivity index (χ1) is 17.5. The molecule has 2 amide bonds. The lowest BCUT2D eigenvalue weighted by Gasteiger charge is -2.18. The molecule has 0 saturated carbocycles. The highest BCUT2D eigenvalue weighted by Crippen LogP contribution is 2.37. The molecule has 0 aliphatic rings. The van der Waals surface area contributed by atoms with Crippen molar-refractivity contribution in [2.24, 2.45) is 0 Å². The first-order valence-electron chi connectivity index (χ1n) is 11.0. The number of benzene rings is 4. The molecule has 182 valence electrons. The molecule has 0 radical (unpaired) electrons. The molecule has 0 aromatic heterocycles. The van der Waals surface area contributed by atoms with Crippen LogP contribution in [0.3, 0.4) is 0 Å². The minimum atomic E-state index is -0.617. The molecule has 4 aromatic rings. The van der Waals surface area contributed by atoms with Crippen LogP contribution in [0.2, 0.25) is 0 Å². The third kappa shape index (κ3) is 7.19. The van der Waals surface area contributed by atoms with Crippen molar-refractivity contribution in [3.05, 3.63) is 119 Å². The van der Waals surface area contributed by atoms with Crippen molar-refractivity contribution in [1.82, 2.24) is 0 Å². The highest BCUT2D eigenvalue weighted by Gasteiger charge is 2.23. The van der Waals surface area contributed by atoms with E-state index in [9.17, 15) is 14.0 Å². The summed E-state index contributed by atoms with van der Waals surface area (Å²) in [4.78, 5) is 26.2. The molecule has 1 unspecified atom stereocenters. The lowest BCUT2D eigenvalue weighted by Crippen LogP contribution is -2.20. The van der Waals surface area contributed by atoms with Gasteiger partial charge in [0.1, 0.15) is 16.8 Å². The summed E-state index contributed by atoms with van der Waals surface area (Å²) >= 11 is 4.55. The Kier molecular flexibility index (Phi) is 8.76. The lowest BCUT2D eigenvalue weighted by molar-refractivity contribution is -0.118. The Bertz CT molecular complexity index is 1320. The molecule has 4 aromatic carbocycles. The van der Waals surface area contributed by atoms with Crippen LogP contribution in [0, 0.1) is 5.82 Å². The van der Waals surface area contributed by atoms with Crippen molar-refractivity contribution in [3.8, 4) is 5.75 Å². The molecule has 5 nitrogen and oxygen atoms in total. The molecule has 0 saturated heterocycles. The highest BCUT2D eigenvalue weighted by molar-refractivity contribution is 9.10. The van der Waals surface area contributed by atoms with E-state index in [2.05, 4.69) is 26.6 Å². The second-order valence-corrected chi connectivity index (χ2v) is 9.79. The maximum Gasteiger partial charge on any atom is 0.262 e. The number of hydrogen-bond acceptors (Lipinski definition) is 4. The number of para-hydroxylation sites is 1. The second-order valence-electron chi connectivity index (χ2n) is 7.70. The van der Waals surface area contributed by atoms with Gasteiger partial charge in [0.2, 0.25) is 5.91 Å². The number of carbonyl (C=O) groups is 2. The zero-order chi connectivity index (χ0) is 25.3. The van der Waals surface area contributed by atoms with Gasteiger partial charge in [0.15, 0.2) is 6.61 Å². The van der Waals surface area contributed by atoms with E-state index in [1.54, 1.807) is 30.3 Å². The monoisotopic (exact) mass is 564 g/mol. The smallest absolute Gasteiger partial charge is 0.262 e. The molecular weight excluding hydrogens is 543 g/mol. The molecule has 1 atom stereocenters. The third-order valence-corrected chi connectivity index (χ3v) is 6.79. The van der Waals surface area contributed by atoms with Crippen molar-refractivity contribution in [2.45, 2.75) is 10.1 Å². The molecule has 4 rings (SSSR count). The average molecular weight is 565 g/mol. The van der Waals surface area contributed by atoms with Gasteiger partial charge in [-0.2, -0.15) is 0 Å². The van der Waals surface area contributed by atoms with Gasteiger partial charge in [-0.15, -0.1) is 11.8 Å². The van der Waals surface area contributed by atoms with Crippen LogP contribution >= 0.6 is 27.7 Å². The Hall–Kier alpha value is -3.62. The number of amides is 2. The Morgan fingerprint density at radius 1 is 0.861 bits per heavy atom. The fourth-order valence-electron chi connectivity index (χ4n) is 3.31. The van der Waals surface area contributed by atoms with E-state index in [0.717, 1.165) is 10.5 Å². The summed E-state index contributed by atoms with van der Waals surface area (Å²) in [5.74, 6) is -0.529. The summed E-state index contributed by atoms with van der Waals surface area (Å²) in [5.41, 5.74) is 1.51. The molecule has 36 heavy (non-hydrogen) atoms. The average Bonchev–Trinajstić information content (AvgIpc) is 2.89. The second kappa shape index (κ2) is 12.4. The Morgan fingerprint density at radius 2 is 1.53 bits per heavy atom. The molecule has 8 heteroatoms. The third-order valence-electron chi connectivity index (χ3n) is 5.03. The molecule has 2 N–H and O–H groups in total. The molecule has 0 aliphatic carbocycles. The van der Waals surface area contributed by atoms with Gasteiger partial charge in [-0.1, -0.05) is 64.5 Å². The van der Waals surface area contributed by atoms with Crippen LogP contribution < -0.4 is 15.4 Å². The zero-order valence-corrected chi connectivity index (χ0v) is 21.4. The molecule has 0 fully saturated rings. The Morgan fingerprint density at radius 3 is 2.19 bits per heavy atom. The van der Waals surface area contributed by atoms with E-state index in [4.69, 9.17) is 4.74 Å². The van der Waals surface area contributed by atoms with E-state index < -0.39 is 11.1 Å². The van der Waals surface area contributed by atoms with Gasteiger partial charge < -0.3 is 15.4 Å². The molecule has 0 bridgehead atoms. The van der Waals surface area contributed by atoms with Gasteiger partial charge in [0.25, 0.3) is 5.91 Å². The summed E-state index contributed by atoms with van der Waals surface area (Å²) in [6.45, 7) is -0.108. The van der Waals surface area contributed by atoms with E-state index in [0.29, 0.717) is 15.9 Å². The van der Waals surface area contributed by atoms with Gasteiger partial charge in [-0.05, 0) is 60.2 Å². The number of nitrogens with one attached hydrogen (secondary N) is 2. The van der Waals surface area contributed by atoms with Crippen molar-refractivity contribution in [1.29, 1.82) is 0 Å². The minimum absolute atomic E-state index is 0.108. The van der Waals surface area contributed by atoms with Crippen LogP contribution in [-0.4, -0.2) is 18.4 Å². The van der Waals surface area contributed by atoms with E-state index in [1.165, 1.54) is 23.9 Å². The Labute approximate surface area is 221 Å². The van der Waals surface area contributed by atoms with Gasteiger partial charge in [0.05, 0.1) is 5.69 Å². The standard InChI is InChI=1S/C28H22BrFN2O3S/c29-20-11-16-25(24(30)17-20)32-28(34)27(19-7-3-1-4-8-19)36-23-14-12-21(13-15-23)31-26(33)18-35-22-9-5-2-6-10-22/h1-17,27H,18H2,(H,31,33)(H,32,34). The number of anilines is 2. The normalized spacial score (nSPS) is 11.4. The van der Waals surface area contributed by atoms with Crippen LogP contribution in [0.1, 0.15) is 10.8 Å². The molecular formula is C28H22BrFN2O3S. The van der Waals surface area contributed by atoms with Crippen molar-refractivity contribution in [3.63, 3.8) is 0 Å². The van der Waals surface area contributed by atoms with E-state index in [1.807, 2.05) is 60.7 Å². The largest absolute Gasteiger partial charge is 0.484 e. The van der Waals surface area contributed by atoms with Gasteiger partial charge in [-0.3, -0.25) is 9.59 Å². The summed E-state index contributed by atoms with van der Waals surface area (Å²) in [7, 11) is 0. The van der Waals surface area contributed by atoms with Crippen molar-refractivity contribution >= 4 is 50.9 Å². The van der Waals surface area contributed by atoms with E-state index in [-0.39, 0.29) is 24.1 Å². The molecule has 0 heterocycles. The quantitative estimate of drug-likeness (QED) is 0.213. The Balaban J connectivity index is 1.42. The SMILES string of the molecule is O=C(COc1ccccc1)Nc1ccc(SC(C(=O)Nc2ccc(Br)cc2F)c2ccccc2)cc1. The molecule has 0 aliphatic heterocycles. The predicted molar refractivity (Wildman–Crippen MR) is 145 cm³/mol. The fourth-order valence-corrected chi connectivity index (χ4v) is 4.66. The van der Waals surface area contributed by atoms with Gasteiger partial charge >= 0.3 is 0 Å². The minimum Gasteiger partial charge on any atom is -0.484 e. The summed E-state index contributed by atoms with van der Waals surface area (Å²) in [6, 6.07) is 30.1. The van der Waals surface area contributed by atoms with Crippen molar-refractivity contribution < 1.29 is 18.7 Å². The van der Waals surface area contributed by atoms with Crippen LogP contribution in [0.15, 0.2) is 112 Å². The predicted octanol–water partition coefficient (Wildman–Crippen LogP) is 7.08. The first-order valence-corrected chi connectivity index (χ1v) is 12.7. The van der Waals surface area contributed by atoms with Crippen molar-refractivity contribution in [2.75, 3.05) is 17.2 Å². The zero-order valence-electron chi connectivity index (χ0n) is 19.0. The summed E-state index contributed by atoms with van der Waals surface area (Å²) in [6.07, 6.45) is 0. The number of ether oxygens (including phenoxy) is 1. The summed E-state index contributed by atoms with van der Waals surface area (Å²) in [5, 5.41) is 4.87. The van der Waals surface area contributed by atoms with E-state index >= 15 is 0 Å². The molecule has 0 spiro atoms. The number of rotatable bonds is 9. The topological polar surface area (TPSA) is 67.4 Å². The number of carbonyl (C=O) groups excluding carboxylic acids is 2. The number of thioether (sulfide) groups is 1. The van der Waals surface area contributed by atoms with Crippen LogP contribution in [-0.2, 0) is 9.59 Å². The first kappa shape index (κ1) is 25.5. The highest BCUT2D eigenvalue weighted by atomic mass is 79.9. The number of hydrogen-bond donors (Lipinski definition) is 2. The van der Waals surface area contributed by atoms with Crippen LogP contribution in [0.4, 0.5) is 15.8 Å². The van der Waals surface area contributed by atoms with Gasteiger partial charge in [0, 0.05) is 15.1 Å². The summed E-state index contributed by atoms with van der Waals surface area (Å²) < 4.78 is 20.4. The van der Waals surface area contributed by atoms with Gasteiger partial charge in [-0.25, -0.2) is 4.39 Å². The lowest BCUT2D eigenvalue weighted by atomic mass is 10.1. The maximum atomic E-state index is 14.3. The van der Waals surface area contributed by atoms with Crippen LogP contribution in [0.5, 0.6) is 5.75 Å². The van der Waals surface area contributed by atoms with Crippen LogP contribution in [0.25, 0.3) is 0 Å².